The second-order valence-electron chi connectivity index (χ2n) is 5.98. The lowest BCUT2D eigenvalue weighted by molar-refractivity contribution is -0.139. The normalized spacial score (nSPS) is 11.5. The number of halogens is 1. The monoisotopic (exact) mass is 374 g/mol. The molecule has 0 aliphatic rings. The summed E-state index contributed by atoms with van der Waals surface area (Å²) in [7, 11) is 0. The van der Waals surface area contributed by atoms with Crippen LogP contribution in [0.25, 0.3) is 0 Å². The van der Waals surface area contributed by atoms with E-state index in [0.29, 0.717) is 17.4 Å². The van der Waals surface area contributed by atoms with Gasteiger partial charge in [0.25, 0.3) is 0 Å². The topological polar surface area (TPSA) is 67.4 Å². The minimum atomic E-state index is -0.685. The van der Waals surface area contributed by atoms with Crippen LogP contribution in [0, 0.1) is 6.92 Å². The van der Waals surface area contributed by atoms with Crippen molar-refractivity contribution in [3.63, 3.8) is 0 Å². The maximum absolute atomic E-state index is 12.2. The number of hydrogen-bond donors (Lipinski definition) is 2. The van der Waals surface area contributed by atoms with Gasteiger partial charge in [0.2, 0.25) is 0 Å². The summed E-state index contributed by atoms with van der Waals surface area (Å²) < 4.78 is 5.61. The third-order valence-corrected chi connectivity index (χ3v) is 4.10. The number of aryl methyl sites for hydroxylation is 1. The zero-order valence-electron chi connectivity index (χ0n) is 15.1. The fourth-order valence-electron chi connectivity index (χ4n) is 2.50. The third kappa shape index (κ3) is 5.49. The maximum atomic E-state index is 12.2. The summed E-state index contributed by atoms with van der Waals surface area (Å²) in [6.45, 7) is 6.47. The SMILES string of the molecule is CCOc1ccc(C)cc1C(C)NC(=O)C(=O)NCc1ccc(Cl)cc1. The van der Waals surface area contributed by atoms with Gasteiger partial charge >= 0.3 is 11.8 Å². The first-order valence-electron chi connectivity index (χ1n) is 8.47. The van der Waals surface area contributed by atoms with Crippen molar-refractivity contribution in [2.75, 3.05) is 6.61 Å². The second kappa shape index (κ2) is 9.25. The van der Waals surface area contributed by atoms with E-state index in [0.717, 1.165) is 16.7 Å². The molecule has 0 bridgehead atoms. The van der Waals surface area contributed by atoms with Crippen LogP contribution in [0.2, 0.25) is 5.02 Å². The molecule has 0 saturated carbocycles. The van der Waals surface area contributed by atoms with E-state index in [1.807, 2.05) is 39.0 Å². The number of amides is 2. The molecule has 0 aliphatic heterocycles. The van der Waals surface area contributed by atoms with Gasteiger partial charge < -0.3 is 15.4 Å². The number of nitrogens with one attached hydrogen (secondary N) is 2. The quantitative estimate of drug-likeness (QED) is 0.760. The molecule has 0 aromatic heterocycles. The molecule has 1 atom stereocenters. The van der Waals surface area contributed by atoms with E-state index in [1.165, 1.54) is 0 Å². The first-order valence-corrected chi connectivity index (χ1v) is 8.85. The number of hydrogen-bond acceptors (Lipinski definition) is 3. The molecule has 5 nitrogen and oxygen atoms in total. The number of rotatable bonds is 6. The predicted octanol–water partition coefficient (Wildman–Crippen LogP) is 3.54. The Kier molecular flexibility index (Phi) is 7.04. The minimum absolute atomic E-state index is 0.256. The Morgan fingerprint density at radius 1 is 1.12 bits per heavy atom. The van der Waals surface area contributed by atoms with Gasteiger partial charge in [-0.15, -0.1) is 0 Å². The van der Waals surface area contributed by atoms with Gasteiger partial charge in [-0.1, -0.05) is 41.4 Å². The van der Waals surface area contributed by atoms with Crippen molar-refractivity contribution in [3.8, 4) is 5.75 Å². The van der Waals surface area contributed by atoms with Crippen LogP contribution in [0.15, 0.2) is 42.5 Å². The molecule has 1 unspecified atom stereocenters. The van der Waals surface area contributed by atoms with Crippen LogP contribution in [0.3, 0.4) is 0 Å². The highest BCUT2D eigenvalue weighted by molar-refractivity contribution is 6.35. The highest BCUT2D eigenvalue weighted by Gasteiger charge is 2.19. The molecule has 2 aromatic carbocycles. The fourth-order valence-corrected chi connectivity index (χ4v) is 2.62. The Balaban J connectivity index is 1.96. The molecule has 0 radical (unpaired) electrons. The van der Waals surface area contributed by atoms with Crippen LogP contribution in [0.5, 0.6) is 5.75 Å². The van der Waals surface area contributed by atoms with E-state index in [4.69, 9.17) is 16.3 Å². The first-order chi connectivity index (χ1) is 12.4. The standard InChI is InChI=1S/C20H23ClN2O3/c1-4-26-18-10-5-13(2)11-17(18)14(3)23-20(25)19(24)22-12-15-6-8-16(21)9-7-15/h5-11,14H,4,12H2,1-3H3,(H,22,24)(H,23,25). The zero-order valence-corrected chi connectivity index (χ0v) is 15.9. The molecule has 6 heteroatoms. The summed E-state index contributed by atoms with van der Waals surface area (Å²) in [5, 5.41) is 5.94. The van der Waals surface area contributed by atoms with Crippen LogP contribution in [0.1, 0.15) is 36.6 Å². The van der Waals surface area contributed by atoms with Crippen LogP contribution >= 0.6 is 11.6 Å². The Bertz CT molecular complexity index is 775. The van der Waals surface area contributed by atoms with Gasteiger partial charge in [0.1, 0.15) is 5.75 Å². The van der Waals surface area contributed by atoms with Crippen molar-refractivity contribution in [1.29, 1.82) is 0 Å². The van der Waals surface area contributed by atoms with E-state index in [-0.39, 0.29) is 12.6 Å². The molecule has 2 aromatic rings. The predicted molar refractivity (Wildman–Crippen MR) is 102 cm³/mol. The molecule has 0 aliphatic carbocycles. The van der Waals surface area contributed by atoms with Crippen LogP contribution in [-0.4, -0.2) is 18.4 Å². The molecule has 2 N–H and O–H groups in total. The van der Waals surface area contributed by atoms with Gasteiger partial charge in [-0.25, -0.2) is 0 Å². The maximum Gasteiger partial charge on any atom is 0.309 e. The third-order valence-electron chi connectivity index (χ3n) is 3.85. The Hall–Kier alpha value is -2.53. The number of carbonyl (C=O) groups excluding carboxylic acids is 2. The summed E-state index contributed by atoms with van der Waals surface area (Å²) in [5.74, 6) is -0.666. The minimum Gasteiger partial charge on any atom is -0.494 e. The van der Waals surface area contributed by atoms with Gasteiger partial charge in [-0.05, 0) is 44.5 Å². The molecular weight excluding hydrogens is 352 g/mol. The van der Waals surface area contributed by atoms with E-state index >= 15 is 0 Å². The van der Waals surface area contributed by atoms with Crippen molar-refractivity contribution < 1.29 is 14.3 Å². The molecule has 26 heavy (non-hydrogen) atoms. The molecule has 0 saturated heterocycles. The second-order valence-corrected chi connectivity index (χ2v) is 6.42. The van der Waals surface area contributed by atoms with Crippen LogP contribution in [0.4, 0.5) is 0 Å². The smallest absolute Gasteiger partial charge is 0.309 e. The number of benzene rings is 2. The lowest BCUT2D eigenvalue weighted by Crippen LogP contribution is -2.40. The van der Waals surface area contributed by atoms with Gasteiger partial charge in [-0.3, -0.25) is 9.59 Å². The molecule has 0 spiro atoms. The van der Waals surface area contributed by atoms with E-state index in [2.05, 4.69) is 10.6 Å². The molecular formula is C20H23ClN2O3. The molecule has 0 heterocycles. The largest absolute Gasteiger partial charge is 0.494 e. The van der Waals surface area contributed by atoms with Crippen molar-refractivity contribution >= 4 is 23.4 Å². The van der Waals surface area contributed by atoms with Crippen LogP contribution < -0.4 is 15.4 Å². The lowest BCUT2D eigenvalue weighted by Gasteiger charge is -2.18. The average Bonchev–Trinajstić information content (AvgIpc) is 2.62. The van der Waals surface area contributed by atoms with Crippen molar-refractivity contribution in [3.05, 3.63) is 64.2 Å². The van der Waals surface area contributed by atoms with Crippen molar-refractivity contribution in [1.82, 2.24) is 10.6 Å². The van der Waals surface area contributed by atoms with E-state index < -0.39 is 11.8 Å². The Labute approximate surface area is 158 Å². The molecule has 2 rings (SSSR count). The lowest BCUT2D eigenvalue weighted by atomic mass is 10.0. The summed E-state index contributed by atoms with van der Waals surface area (Å²) >= 11 is 5.82. The summed E-state index contributed by atoms with van der Waals surface area (Å²) in [6, 6.07) is 12.5. The first kappa shape index (κ1) is 19.8. The van der Waals surface area contributed by atoms with Gasteiger partial charge in [-0.2, -0.15) is 0 Å². The highest BCUT2D eigenvalue weighted by Crippen LogP contribution is 2.26. The Morgan fingerprint density at radius 3 is 2.46 bits per heavy atom. The van der Waals surface area contributed by atoms with E-state index in [9.17, 15) is 9.59 Å². The fraction of sp³-hybridized carbons (Fsp3) is 0.300. The summed E-state index contributed by atoms with van der Waals surface area (Å²) in [5.41, 5.74) is 2.75. The summed E-state index contributed by atoms with van der Waals surface area (Å²) in [4.78, 5) is 24.2. The van der Waals surface area contributed by atoms with Gasteiger partial charge in [0, 0.05) is 17.1 Å². The van der Waals surface area contributed by atoms with Gasteiger partial charge in [0.15, 0.2) is 0 Å². The van der Waals surface area contributed by atoms with E-state index in [1.54, 1.807) is 24.3 Å². The number of ether oxygens (including phenoxy) is 1. The van der Waals surface area contributed by atoms with Crippen molar-refractivity contribution in [2.45, 2.75) is 33.4 Å². The average molecular weight is 375 g/mol. The van der Waals surface area contributed by atoms with Crippen LogP contribution in [-0.2, 0) is 16.1 Å². The highest BCUT2D eigenvalue weighted by atomic mass is 35.5. The Morgan fingerprint density at radius 2 is 1.81 bits per heavy atom. The van der Waals surface area contributed by atoms with Gasteiger partial charge in [0.05, 0.1) is 12.6 Å². The molecule has 138 valence electrons. The molecule has 2 amide bonds. The number of carbonyl (C=O) groups is 2. The zero-order chi connectivity index (χ0) is 19.1. The summed E-state index contributed by atoms with van der Waals surface area (Å²) in [6.07, 6.45) is 0. The van der Waals surface area contributed by atoms with Crippen molar-refractivity contribution in [2.24, 2.45) is 0 Å². The molecule has 0 fully saturated rings.